The number of phenolic OH excluding ortho intramolecular Hbond substituents is 1. The van der Waals surface area contributed by atoms with Gasteiger partial charge in [0, 0.05) is 0 Å². The Labute approximate surface area is 69.8 Å². The van der Waals surface area contributed by atoms with Crippen LogP contribution in [0.15, 0.2) is 23.4 Å². The molecule has 1 aromatic carbocycles. The number of nitroso groups, excluding NO2 is 1. The summed E-state index contributed by atoms with van der Waals surface area (Å²) in [4.78, 5) is 9.88. The monoisotopic (exact) mass is 167 g/mol. The van der Waals surface area contributed by atoms with E-state index < -0.39 is 0 Å². The molecule has 0 fully saturated rings. The van der Waals surface area contributed by atoms with Crippen LogP contribution in [-0.4, -0.2) is 12.2 Å². The largest absolute Gasteiger partial charge is 0.504 e. The van der Waals surface area contributed by atoms with Crippen molar-refractivity contribution in [2.75, 3.05) is 7.11 Å². The molecule has 0 spiro atoms. The number of hydrogen-bond donors (Lipinski definition) is 1. The molecule has 1 rings (SSSR count). The number of benzene rings is 1. The molecule has 1 aromatic rings. The molecule has 4 nitrogen and oxygen atoms in total. The molecular formula is C8H9NO3. The van der Waals surface area contributed by atoms with Gasteiger partial charge in [0.15, 0.2) is 11.5 Å². The van der Waals surface area contributed by atoms with Gasteiger partial charge in [-0.2, -0.15) is 4.91 Å². The molecule has 0 aliphatic heterocycles. The maximum atomic E-state index is 9.88. The van der Waals surface area contributed by atoms with E-state index in [1.165, 1.54) is 13.2 Å². The summed E-state index contributed by atoms with van der Waals surface area (Å²) in [7, 11) is 1.46. The van der Waals surface area contributed by atoms with Gasteiger partial charge in [0.05, 0.1) is 7.11 Å². The second-order valence-corrected chi connectivity index (χ2v) is 2.29. The highest BCUT2D eigenvalue weighted by Gasteiger charge is 2.01. The highest BCUT2D eigenvalue weighted by Crippen LogP contribution is 2.26. The topological polar surface area (TPSA) is 58.9 Å². The fourth-order valence-electron chi connectivity index (χ4n) is 0.908. The van der Waals surface area contributed by atoms with Gasteiger partial charge in [0.2, 0.25) is 0 Å². The lowest BCUT2D eigenvalue weighted by atomic mass is 10.2. The van der Waals surface area contributed by atoms with Gasteiger partial charge in [-0.3, -0.25) is 0 Å². The molecule has 0 aromatic heterocycles. The smallest absolute Gasteiger partial charge is 0.160 e. The molecule has 0 saturated carbocycles. The molecule has 0 amide bonds. The lowest BCUT2D eigenvalue weighted by Crippen LogP contribution is -1.85. The number of nitrogens with zero attached hydrogens (tertiary/aromatic N) is 1. The summed E-state index contributed by atoms with van der Waals surface area (Å²) < 4.78 is 4.82. The molecule has 4 heteroatoms. The summed E-state index contributed by atoms with van der Waals surface area (Å²) in [6.45, 7) is 0.0670. The first-order valence-corrected chi connectivity index (χ1v) is 3.43. The average Bonchev–Trinajstić information content (AvgIpc) is 2.05. The van der Waals surface area contributed by atoms with Crippen molar-refractivity contribution in [2.24, 2.45) is 5.18 Å². The van der Waals surface area contributed by atoms with Gasteiger partial charge in [-0.15, -0.1) is 0 Å². The maximum absolute atomic E-state index is 9.88. The van der Waals surface area contributed by atoms with Crippen LogP contribution in [0.1, 0.15) is 5.56 Å². The molecule has 64 valence electrons. The first-order valence-electron chi connectivity index (χ1n) is 3.43. The fourth-order valence-corrected chi connectivity index (χ4v) is 0.908. The Morgan fingerprint density at radius 3 is 2.83 bits per heavy atom. The van der Waals surface area contributed by atoms with Crippen LogP contribution in [-0.2, 0) is 6.54 Å². The molecule has 0 heterocycles. The standard InChI is InChI=1S/C8H9NO3/c1-12-8-3-2-6(5-9-11)4-7(8)10/h2-4,10H,5H2,1H3. The Bertz CT molecular complexity index is 286. The summed E-state index contributed by atoms with van der Waals surface area (Å²) in [5, 5.41) is 11.9. The molecule has 0 aliphatic carbocycles. The van der Waals surface area contributed by atoms with E-state index in [1.54, 1.807) is 12.1 Å². The molecular weight excluding hydrogens is 158 g/mol. The van der Waals surface area contributed by atoms with Crippen molar-refractivity contribution < 1.29 is 9.84 Å². The predicted molar refractivity (Wildman–Crippen MR) is 44.2 cm³/mol. The fraction of sp³-hybridized carbons (Fsp3) is 0.250. The number of aromatic hydroxyl groups is 1. The van der Waals surface area contributed by atoms with Gasteiger partial charge in [0.25, 0.3) is 0 Å². The van der Waals surface area contributed by atoms with Crippen molar-refractivity contribution in [3.63, 3.8) is 0 Å². The zero-order valence-electron chi connectivity index (χ0n) is 6.65. The lowest BCUT2D eigenvalue weighted by molar-refractivity contribution is 0.373. The summed E-state index contributed by atoms with van der Waals surface area (Å²) >= 11 is 0. The Morgan fingerprint density at radius 2 is 2.33 bits per heavy atom. The van der Waals surface area contributed by atoms with Crippen LogP contribution >= 0.6 is 0 Å². The van der Waals surface area contributed by atoms with Gasteiger partial charge in [-0.1, -0.05) is 11.2 Å². The van der Waals surface area contributed by atoms with Gasteiger partial charge in [0.1, 0.15) is 6.54 Å². The minimum atomic E-state index is 0.0265. The number of ether oxygens (including phenoxy) is 1. The predicted octanol–water partition coefficient (Wildman–Crippen LogP) is 1.67. The normalized spacial score (nSPS) is 9.42. The summed E-state index contributed by atoms with van der Waals surface area (Å²) in [6, 6.07) is 4.73. The van der Waals surface area contributed by atoms with Crippen molar-refractivity contribution in [1.29, 1.82) is 0 Å². The minimum absolute atomic E-state index is 0.0265. The maximum Gasteiger partial charge on any atom is 0.160 e. The van der Waals surface area contributed by atoms with E-state index in [4.69, 9.17) is 4.74 Å². The SMILES string of the molecule is COc1ccc(CN=O)cc1O. The molecule has 0 radical (unpaired) electrons. The van der Waals surface area contributed by atoms with Gasteiger partial charge in [-0.25, -0.2) is 0 Å². The first kappa shape index (κ1) is 8.52. The van der Waals surface area contributed by atoms with Gasteiger partial charge < -0.3 is 9.84 Å². The van der Waals surface area contributed by atoms with Crippen molar-refractivity contribution in [3.05, 3.63) is 28.7 Å². The highest BCUT2D eigenvalue weighted by molar-refractivity contribution is 5.41. The molecule has 0 bridgehead atoms. The van der Waals surface area contributed by atoms with Crippen molar-refractivity contribution in [1.82, 2.24) is 0 Å². The molecule has 1 N–H and O–H groups in total. The second kappa shape index (κ2) is 3.71. The third-order valence-electron chi connectivity index (χ3n) is 1.49. The van der Waals surface area contributed by atoms with Gasteiger partial charge in [-0.05, 0) is 17.7 Å². The van der Waals surface area contributed by atoms with Crippen LogP contribution in [0.5, 0.6) is 11.5 Å². The summed E-state index contributed by atoms with van der Waals surface area (Å²) in [6.07, 6.45) is 0. The Hall–Kier alpha value is -1.58. The average molecular weight is 167 g/mol. The third kappa shape index (κ3) is 1.72. The van der Waals surface area contributed by atoms with Crippen LogP contribution in [0, 0.1) is 4.91 Å². The summed E-state index contributed by atoms with van der Waals surface area (Å²) in [5.41, 5.74) is 0.670. The Kier molecular flexibility index (Phi) is 2.63. The zero-order valence-corrected chi connectivity index (χ0v) is 6.65. The second-order valence-electron chi connectivity index (χ2n) is 2.29. The first-order chi connectivity index (χ1) is 5.77. The Balaban J connectivity index is 2.93. The number of hydrogen-bond acceptors (Lipinski definition) is 4. The molecule has 0 unspecified atom stereocenters. The van der Waals surface area contributed by atoms with Crippen LogP contribution in [0.3, 0.4) is 0 Å². The quantitative estimate of drug-likeness (QED) is 0.696. The molecule has 0 saturated heterocycles. The molecule has 0 atom stereocenters. The highest BCUT2D eigenvalue weighted by atomic mass is 16.5. The van der Waals surface area contributed by atoms with Crippen LogP contribution in [0.25, 0.3) is 0 Å². The summed E-state index contributed by atoms with van der Waals surface area (Å²) in [5.74, 6) is 0.420. The Morgan fingerprint density at radius 1 is 1.58 bits per heavy atom. The van der Waals surface area contributed by atoms with E-state index in [1.807, 2.05) is 0 Å². The van der Waals surface area contributed by atoms with Crippen LogP contribution in [0.4, 0.5) is 0 Å². The van der Waals surface area contributed by atoms with Crippen LogP contribution < -0.4 is 4.74 Å². The number of phenols is 1. The van der Waals surface area contributed by atoms with E-state index in [9.17, 15) is 10.0 Å². The van der Waals surface area contributed by atoms with E-state index in [2.05, 4.69) is 5.18 Å². The number of rotatable bonds is 3. The van der Waals surface area contributed by atoms with Crippen LogP contribution in [0.2, 0.25) is 0 Å². The zero-order chi connectivity index (χ0) is 8.97. The lowest BCUT2D eigenvalue weighted by Gasteiger charge is -2.03. The van der Waals surface area contributed by atoms with E-state index in [0.717, 1.165) is 0 Å². The molecule has 0 aliphatic rings. The van der Waals surface area contributed by atoms with Crippen molar-refractivity contribution >= 4 is 0 Å². The number of methoxy groups -OCH3 is 1. The van der Waals surface area contributed by atoms with E-state index >= 15 is 0 Å². The van der Waals surface area contributed by atoms with E-state index in [0.29, 0.717) is 11.3 Å². The van der Waals surface area contributed by atoms with Crippen molar-refractivity contribution in [3.8, 4) is 11.5 Å². The minimum Gasteiger partial charge on any atom is -0.504 e. The molecule has 12 heavy (non-hydrogen) atoms. The third-order valence-corrected chi connectivity index (χ3v) is 1.49. The van der Waals surface area contributed by atoms with Crippen molar-refractivity contribution in [2.45, 2.75) is 6.54 Å². The van der Waals surface area contributed by atoms with E-state index in [-0.39, 0.29) is 12.3 Å². The van der Waals surface area contributed by atoms with Gasteiger partial charge >= 0.3 is 0 Å².